The van der Waals surface area contributed by atoms with Crippen LogP contribution in [0.15, 0.2) is 35.5 Å². The zero-order valence-corrected chi connectivity index (χ0v) is 15.7. The molecule has 0 aliphatic rings. The quantitative estimate of drug-likeness (QED) is 0.745. The fraction of sp³-hybridized carbons (Fsp3) is 0.500. The van der Waals surface area contributed by atoms with Gasteiger partial charge in [0.2, 0.25) is 5.91 Å². The van der Waals surface area contributed by atoms with Crippen LogP contribution in [0.1, 0.15) is 45.5 Å². The van der Waals surface area contributed by atoms with Gasteiger partial charge in [-0.05, 0) is 32.8 Å². The van der Waals surface area contributed by atoms with Gasteiger partial charge < -0.3 is 9.88 Å². The van der Waals surface area contributed by atoms with Crippen LogP contribution in [0.5, 0.6) is 0 Å². The van der Waals surface area contributed by atoms with Gasteiger partial charge in [-0.1, -0.05) is 49.0 Å². The average molecular weight is 347 g/mol. The second kappa shape index (κ2) is 8.33. The SMILES string of the molecule is CCn1c(Cc2ccccc2)nnc1SCC(=O)NC(C)(C)CC. The van der Waals surface area contributed by atoms with E-state index in [4.69, 9.17) is 0 Å². The first kappa shape index (κ1) is 18.5. The number of nitrogens with one attached hydrogen (secondary N) is 1. The molecule has 0 radical (unpaired) electrons. The second-order valence-electron chi connectivity index (χ2n) is 6.38. The van der Waals surface area contributed by atoms with Crippen LogP contribution in [-0.2, 0) is 17.8 Å². The Morgan fingerprint density at radius 3 is 2.54 bits per heavy atom. The summed E-state index contributed by atoms with van der Waals surface area (Å²) in [5, 5.41) is 12.4. The van der Waals surface area contributed by atoms with E-state index in [1.807, 2.05) is 32.0 Å². The molecule has 5 nitrogen and oxygen atoms in total. The van der Waals surface area contributed by atoms with Gasteiger partial charge in [-0.25, -0.2) is 0 Å². The predicted molar refractivity (Wildman–Crippen MR) is 98.2 cm³/mol. The molecule has 1 aromatic carbocycles. The average Bonchev–Trinajstić information content (AvgIpc) is 2.95. The number of nitrogens with zero attached hydrogens (tertiary/aromatic N) is 3. The van der Waals surface area contributed by atoms with Crippen LogP contribution in [0.2, 0.25) is 0 Å². The van der Waals surface area contributed by atoms with Crippen molar-refractivity contribution in [2.24, 2.45) is 0 Å². The van der Waals surface area contributed by atoms with Crippen molar-refractivity contribution < 1.29 is 4.79 Å². The maximum absolute atomic E-state index is 12.1. The maximum atomic E-state index is 12.1. The number of carbonyl (C=O) groups is 1. The summed E-state index contributed by atoms with van der Waals surface area (Å²) in [7, 11) is 0. The third-order valence-corrected chi connectivity index (χ3v) is 4.98. The lowest BCUT2D eigenvalue weighted by molar-refractivity contribution is -0.120. The molecule has 0 spiro atoms. The van der Waals surface area contributed by atoms with Crippen LogP contribution in [0, 0.1) is 0 Å². The number of hydrogen-bond donors (Lipinski definition) is 1. The summed E-state index contributed by atoms with van der Waals surface area (Å²) in [6.45, 7) is 8.99. The minimum atomic E-state index is -0.172. The number of amides is 1. The molecular formula is C18H26N4OS. The van der Waals surface area contributed by atoms with Crippen LogP contribution in [0.25, 0.3) is 0 Å². The molecule has 1 heterocycles. The Morgan fingerprint density at radius 2 is 1.92 bits per heavy atom. The fourth-order valence-electron chi connectivity index (χ4n) is 2.28. The largest absolute Gasteiger partial charge is 0.351 e. The summed E-state index contributed by atoms with van der Waals surface area (Å²) >= 11 is 1.44. The Morgan fingerprint density at radius 1 is 1.21 bits per heavy atom. The first-order valence-electron chi connectivity index (χ1n) is 8.35. The highest BCUT2D eigenvalue weighted by Crippen LogP contribution is 2.19. The summed E-state index contributed by atoms with van der Waals surface area (Å²) in [5.41, 5.74) is 1.03. The van der Waals surface area contributed by atoms with Gasteiger partial charge in [0.15, 0.2) is 5.16 Å². The van der Waals surface area contributed by atoms with Crippen molar-refractivity contribution in [1.82, 2.24) is 20.1 Å². The van der Waals surface area contributed by atoms with Crippen LogP contribution >= 0.6 is 11.8 Å². The maximum Gasteiger partial charge on any atom is 0.230 e. The molecule has 2 aromatic rings. The zero-order chi connectivity index (χ0) is 17.6. The van der Waals surface area contributed by atoms with Gasteiger partial charge in [0, 0.05) is 18.5 Å². The third-order valence-electron chi connectivity index (χ3n) is 4.01. The molecule has 0 atom stereocenters. The number of carbonyl (C=O) groups excluding carboxylic acids is 1. The van der Waals surface area contributed by atoms with Gasteiger partial charge in [-0.3, -0.25) is 4.79 Å². The summed E-state index contributed by atoms with van der Waals surface area (Å²) in [5.74, 6) is 1.31. The van der Waals surface area contributed by atoms with Crippen LogP contribution in [-0.4, -0.2) is 32.0 Å². The predicted octanol–water partition coefficient (Wildman–Crippen LogP) is 3.29. The van der Waals surface area contributed by atoms with Crippen LogP contribution in [0.4, 0.5) is 0 Å². The van der Waals surface area contributed by atoms with E-state index < -0.39 is 0 Å². The normalized spacial score (nSPS) is 11.5. The molecule has 1 aromatic heterocycles. The van der Waals surface area contributed by atoms with Crippen molar-refractivity contribution in [3.63, 3.8) is 0 Å². The first-order chi connectivity index (χ1) is 11.4. The topological polar surface area (TPSA) is 59.8 Å². The number of thioether (sulfide) groups is 1. The fourth-order valence-corrected chi connectivity index (χ4v) is 3.11. The van der Waals surface area contributed by atoms with Crippen LogP contribution < -0.4 is 5.32 Å². The molecule has 6 heteroatoms. The number of rotatable bonds is 8. The number of benzene rings is 1. The Balaban J connectivity index is 2.00. The number of hydrogen-bond acceptors (Lipinski definition) is 4. The lowest BCUT2D eigenvalue weighted by Crippen LogP contribution is -2.43. The van der Waals surface area contributed by atoms with Crippen molar-refractivity contribution in [2.75, 3.05) is 5.75 Å². The molecule has 1 N–H and O–H groups in total. The minimum Gasteiger partial charge on any atom is -0.351 e. The zero-order valence-electron chi connectivity index (χ0n) is 14.9. The molecule has 130 valence electrons. The van der Waals surface area contributed by atoms with Crippen LogP contribution in [0.3, 0.4) is 0 Å². The summed E-state index contributed by atoms with van der Waals surface area (Å²) in [6.07, 6.45) is 1.65. The Kier molecular flexibility index (Phi) is 6.43. The van der Waals surface area contributed by atoms with Gasteiger partial charge in [0.05, 0.1) is 5.75 Å². The van der Waals surface area contributed by atoms with Gasteiger partial charge in [-0.2, -0.15) is 0 Å². The third kappa shape index (κ3) is 5.09. The molecule has 24 heavy (non-hydrogen) atoms. The highest BCUT2D eigenvalue weighted by atomic mass is 32.2. The van der Waals surface area contributed by atoms with E-state index in [1.54, 1.807) is 0 Å². The van der Waals surface area contributed by atoms with Gasteiger partial charge >= 0.3 is 0 Å². The van der Waals surface area contributed by atoms with Gasteiger partial charge in [0.25, 0.3) is 0 Å². The monoisotopic (exact) mass is 346 g/mol. The van der Waals surface area contributed by atoms with E-state index in [9.17, 15) is 4.79 Å². The molecular weight excluding hydrogens is 320 g/mol. The Labute approximate surface area is 148 Å². The molecule has 0 bridgehead atoms. The Hall–Kier alpha value is -1.82. The highest BCUT2D eigenvalue weighted by molar-refractivity contribution is 7.99. The lowest BCUT2D eigenvalue weighted by atomic mass is 10.0. The van der Waals surface area contributed by atoms with E-state index in [2.05, 4.69) is 46.1 Å². The summed E-state index contributed by atoms with van der Waals surface area (Å²) in [6, 6.07) is 10.2. The highest BCUT2D eigenvalue weighted by Gasteiger charge is 2.19. The smallest absolute Gasteiger partial charge is 0.230 e. The summed E-state index contributed by atoms with van der Waals surface area (Å²) < 4.78 is 2.08. The second-order valence-corrected chi connectivity index (χ2v) is 7.32. The lowest BCUT2D eigenvalue weighted by Gasteiger charge is -2.24. The Bertz CT molecular complexity index is 667. The van der Waals surface area contributed by atoms with Crippen molar-refractivity contribution in [1.29, 1.82) is 0 Å². The minimum absolute atomic E-state index is 0.0297. The van der Waals surface area contributed by atoms with Gasteiger partial charge in [0.1, 0.15) is 5.82 Å². The van der Waals surface area contributed by atoms with Crippen molar-refractivity contribution in [3.8, 4) is 0 Å². The standard InChI is InChI=1S/C18H26N4OS/c1-5-18(3,4)19-16(23)13-24-17-21-20-15(22(17)6-2)12-14-10-8-7-9-11-14/h7-11H,5-6,12-13H2,1-4H3,(H,19,23). The van der Waals surface area contributed by atoms with E-state index in [-0.39, 0.29) is 11.4 Å². The van der Waals surface area contributed by atoms with Crippen molar-refractivity contribution >= 4 is 17.7 Å². The summed E-state index contributed by atoms with van der Waals surface area (Å²) in [4.78, 5) is 12.1. The molecule has 0 unspecified atom stereocenters. The van der Waals surface area contributed by atoms with E-state index in [0.29, 0.717) is 5.75 Å². The van der Waals surface area contributed by atoms with Crippen molar-refractivity contribution in [2.45, 2.75) is 57.8 Å². The van der Waals surface area contributed by atoms with E-state index in [0.717, 1.165) is 30.4 Å². The molecule has 0 fully saturated rings. The molecule has 0 saturated carbocycles. The number of aromatic nitrogens is 3. The van der Waals surface area contributed by atoms with E-state index >= 15 is 0 Å². The molecule has 1 amide bonds. The molecule has 0 aliphatic carbocycles. The molecule has 0 saturated heterocycles. The van der Waals surface area contributed by atoms with E-state index in [1.165, 1.54) is 17.3 Å². The molecule has 2 rings (SSSR count). The van der Waals surface area contributed by atoms with Crippen molar-refractivity contribution in [3.05, 3.63) is 41.7 Å². The molecule has 0 aliphatic heterocycles. The first-order valence-corrected chi connectivity index (χ1v) is 9.33. The van der Waals surface area contributed by atoms with Gasteiger partial charge in [-0.15, -0.1) is 10.2 Å².